The molecule has 4 aliphatic heterocycles. The maximum atomic E-state index is 13.2. The fourth-order valence-corrected chi connectivity index (χ4v) is 7.17. The molecule has 0 spiro atoms. The molecule has 2 aromatic heterocycles. The molecule has 250 valence electrons. The number of aromatic nitrogens is 4. The van der Waals surface area contributed by atoms with Gasteiger partial charge in [-0.3, -0.25) is 42.3 Å². The highest BCUT2D eigenvalue weighted by Gasteiger charge is 2.54. The number of aliphatic imine (C=N–C) groups is 3. The number of phosphoric ester groups is 2. The van der Waals surface area contributed by atoms with Gasteiger partial charge in [-0.05, 0) is 6.72 Å². The van der Waals surface area contributed by atoms with Crippen LogP contribution in [0.25, 0.3) is 11.2 Å². The number of H-pyrrole nitrogens is 1. The predicted octanol–water partition coefficient (Wildman–Crippen LogP) is -2.77. The van der Waals surface area contributed by atoms with Crippen molar-refractivity contribution in [1.29, 1.82) is 0 Å². The molecular weight excluding hydrogens is 660 g/mol. The van der Waals surface area contributed by atoms with Crippen molar-refractivity contribution >= 4 is 51.6 Å². The van der Waals surface area contributed by atoms with Gasteiger partial charge in [-0.2, -0.15) is 4.98 Å². The molecule has 3 saturated heterocycles. The molecule has 2 unspecified atom stereocenters. The summed E-state index contributed by atoms with van der Waals surface area (Å²) in [4.78, 5) is 57.2. The number of nitrogens with one attached hydrogen (secondary N) is 1. The fraction of sp³-hybridized carbons (Fsp3) is 0.524. The summed E-state index contributed by atoms with van der Waals surface area (Å²) in [7, 11) is -8.68. The van der Waals surface area contributed by atoms with Gasteiger partial charge in [0.25, 0.3) is 5.56 Å². The Hall–Kier alpha value is -3.44. The van der Waals surface area contributed by atoms with Crippen LogP contribution in [0.15, 0.2) is 37.6 Å². The first-order chi connectivity index (χ1) is 21.7. The van der Waals surface area contributed by atoms with Gasteiger partial charge in [-0.15, -0.1) is 0 Å². The first-order valence-corrected chi connectivity index (χ1v) is 16.3. The van der Waals surface area contributed by atoms with Crippen LogP contribution >= 0.6 is 15.6 Å². The van der Waals surface area contributed by atoms with Crippen molar-refractivity contribution in [3.63, 3.8) is 0 Å². The highest BCUT2D eigenvalue weighted by atomic mass is 31.2. The van der Waals surface area contributed by atoms with E-state index >= 15 is 0 Å². The zero-order chi connectivity index (χ0) is 33.1. The maximum absolute atomic E-state index is 13.2. The van der Waals surface area contributed by atoms with Gasteiger partial charge in [0, 0.05) is 7.05 Å². The molecule has 2 aromatic rings. The second-order valence-electron chi connectivity index (χ2n) is 10.2. The lowest BCUT2D eigenvalue weighted by Gasteiger charge is -2.29. The largest absolute Gasteiger partial charge is 0.472 e. The minimum Gasteiger partial charge on any atom is -0.387 e. The summed E-state index contributed by atoms with van der Waals surface area (Å²) >= 11 is 0. The molecule has 10 N–H and O–H groups in total. The Morgan fingerprint density at radius 3 is 2.46 bits per heavy atom. The topological polar surface area (TPSA) is 332 Å². The average Bonchev–Trinajstić information content (AvgIpc) is 3.75. The van der Waals surface area contributed by atoms with Gasteiger partial charge in [0.15, 0.2) is 35.3 Å². The van der Waals surface area contributed by atoms with E-state index in [0.717, 1.165) is 6.33 Å². The molecule has 0 radical (unpaired) electrons. The third-order valence-corrected chi connectivity index (χ3v) is 9.39. The molecule has 25 heteroatoms. The lowest BCUT2D eigenvalue weighted by atomic mass is 10.1. The first kappa shape index (κ1) is 32.5. The van der Waals surface area contributed by atoms with Crippen molar-refractivity contribution in [3.05, 3.63) is 28.2 Å². The Labute approximate surface area is 257 Å². The Kier molecular flexibility index (Phi) is 8.46. The maximum Gasteiger partial charge on any atom is 0.472 e. The average molecular weight is 689 g/mol. The Morgan fingerprint density at radius 1 is 1.13 bits per heavy atom. The molecule has 0 aromatic carbocycles. The highest BCUT2D eigenvalue weighted by Crippen LogP contribution is 2.52. The Bertz CT molecular complexity index is 1800. The van der Waals surface area contributed by atoms with Gasteiger partial charge in [0.1, 0.15) is 36.2 Å². The van der Waals surface area contributed by atoms with Crippen LogP contribution in [0.3, 0.4) is 0 Å². The molecule has 0 saturated carbocycles. The molecule has 3 fully saturated rings. The highest BCUT2D eigenvalue weighted by molar-refractivity contribution is 7.47. The van der Waals surface area contributed by atoms with Gasteiger partial charge >= 0.3 is 15.6 Å². The molecule has 6 heterocycles. The van der Waals surface area contributed by atoms with Crippen LogP contribution in [0.4, 0.5) is 5.95 Å². The van der Waals surface area contributed by atoms with E-state index in [1.807, 2.05) is 0 Å². The number of ether oxygens (including phenoxy) is 2. The summed E-state index contributed by atoms with van der Waals surface area (Å²) in [5.74, 6) is -0.278. The number of rotatable bonds is 3. The number of hydrogen-bond acceptors (Lipinski definition) is 18. The molecule has 6 rings (SSSR count). The number of imidazole rings is 1. The number of phosphoric acid groups is 2. The van der Waals surface area contributed by atoms with E-state index < -0.39 is 83.4 Å². The molecule has 4 aliphatic rings. The van der Waals surface area contributed by atoms with Crippen molar-refractivity contribution in [2.24, 2.45) is 26.4 Å². The normalized spacial score (nSPS) is 40.5. The number of nitrogens with two attached hydrogens (primary N) is 3. The molecule has 10 atom stereocenters. The summed E-state index contributed by atoms with van der Waals surface area (Å²) in [6.45, 7) is 1.84. The zero-order valence-electron chi connectivity index (χ0n) is 23.7. The van der Waals surface area contributed by atoms with E-state index in [-0.39, 0.29) is 34.5 Å². The number of nitrogens with zero attached hydrogens (tertiary/aromatic N) is 7. The van der Waals surface area contributed by atoms with E-state index in [9.17, 15) is 28.8 Å². The van der Waals surface area contributed by atoms with Crippen LogP contribution in [-0.2, 0) is 36.7 Å². The van der Waals surface area contributed by atoms with Crippen molar-refractivity contribution in [2.45, 2.75) is 49.0 Å². The van der Waals surface area contributed by atoms with Crippen LogP contribution in [0.5, 0.6) is 0 Å². The molecule has 0 aliphatic carbocycles. The van der Waals surface area contributed by atoms with Gasteiger partial charge in [0.2, 0.25) is 5.95 Å². The molecule has 46 heavy (non-hydrogen) atoms. The summed E-state index contributed by atoms with van der Waals surface area (Å²) in [5.41, 5.74) is 17.0. The van der Waals surface area contributed by atoms with E-state index in [0.29, 0.717) is 0 Å². The van der Waals surface area contributed by atoms with Crippen molar-refractivity contribution in [2.75, 3.05) is 26.0 Å². The number of aromatic amines is 1. The van der Waals surface area contributed by atoms with Crippen LogP contribution in [0, 0.1) is 0 Å². The lowest BCUT2D eigenvalue weighted by Crippen LogP contribution is -2.46. The first-order valence-electron chi connectivity index (χ1n) is 13.3. The number of anilines is 1. The predicted molar refractivity (Wildman–Crippen MR) is 155 cm³/mol. The third-order valence-electron chi connectivity index (χ3n) is 7.42. The standard InChI is InChI=1S/C21H29N11O12P2/c1-25-15(23)10-16(26-2)31(5-27-10)20-14-12(33)8(42-20)4-40-45(35,36)43-13-9(22)7(3-39-46(37,38)44-14)41-19(13)32-6-28-11-17(32)29-21(24)30-18(11)34/h5-9,12-14,19-20,33H,1,3-4,22-23H2,2H3,(H,35,36)(H,37,38)(H3,24,29,30,34)/b15-10+,26-16+/t7-,8-,9-,12-,13-,14-,19-,20-/m1/s1. The van der Waals surface area contributed by atoms with Crippen LogP contribution in [0.1, 0.15) is 6.23 Å². The molecular formula is C21H29N11O12P2. The monoisotopic (exact) mass is 689 g/mol. The molecule has 23 nitrogen and oxygen atoms in total. The Morgan fingerprint density at radius 2 is 1.78 bits per heavy atom. The van der Waals surface area contributed by atoms with Crippen LogP contribution < -0.4 is 22.8 Å². The van der Waals surface area contributed by atoms with Gasteiger partial charge in [0.05, 0.1) is 31.9 Å². The van der Waals surface area contributed by atoms with E-state index in [4.69, 9.17) is 44.8 Å². The fourth-order valence-electron chi connectivity index (χ4n) is 5.29. The van der Waals surface area contributed by atoms with Crippen LogP contribution in [-0.4, -0.2) is 121 Å². The minimum atomic E-state index is -5.04. The number of aliphatic hydroxyl groups is 1. The van der Waals surface area contributed by atoms with Crippen molar-refractivity contribution < 1.29 is 51.6 Å². The van der Waals surface area contributed by atoms with Gasteiger partial charge in [-0.1, -0.05) is 0 Å². The van der Waals surface area contributed by atoms with E-state index in [2.05, 4.69) is 36.6 Å². The van der Waals surface area contributed by atoms with Gasteiger partial charge in [-0.25, -0.2) is 24.1 Å². The van der Waals surface area contributed by atoms with E-state index in [1.165, 1.54) is 22.9 Å². The second-order valence-corrected chi connectivity index (χ2v) is 13.0. The summed E-state index contributed by atoms with van der Waals surface area (Å²) in [5, 5.41) is 11.1. The lowest BCUT2D eigenvalue weighted by molar-refractivity contribution is -0.0669. The second kappa shape index (κ2) is 12.0. The Balaban J connectivity index is 1.32. The smallest absolute Gasteiger partial charge is 0.387 e. The summed E-state index contributed by atoms with van der Waals surface area (Å²) in [6, 6.07) is -1.29. The number of fused-ring (bicyclic) bond motifs is 5. The zero-order valence-corrected chi connectivity index (χ0v) is 25.5. The summed E-state index contributed by atoms with van der Waals surface area (Å²) in [6.07, 6.45) is -8.09. The number of amidine groups is 1. The minimum absolute atomic E-state index is 0.0769. The van der Waals surface area contributed by atoms with Crippen LogP contribution in [0.2, 0.25) is 0 Å². The molecule has 4 bridgehead atoms. The van der Waals surface area contributed by atoms with Crippen molar-refractivity contribution in [3.8, 4) is 0 Å². The number of aliphatic hydroxyl groups excluding tert-OH is 1. The third kappa shape index (κ3) is 5.81. The summed E-state index contributed by atoms with van der Waals surface area (Å²) < 4.78 is 60.6. The molecule has 0 amide bonds. The van der Waals surface area contributed by atoms with E-state index in [1.54, 1.807) is 0 Å². The van der Waals surface area contributed by atoms with Crippen molar-refractivity contribution in [1.82, 2.24) is 24.4 Å². The quantitative estimate of drug-likeness (QED) is 0.127. The number of hydrogen-bond donors (Lipinski definition) is 7. The number of nitrogen functional groups attached to an aromatic ring is 1. The van der Waals surface area contributed by atoms with Gasteiger partial charge < -0.3 is 41.6 Å². The SMILES string of the molecule is C=N/C(N)=C1/N=CN([C@@H]2O[C@@H]3COP(=O)(O)O[C@@H]4[C@H](N)[C@@H](COP(=O)(O)O[C@@H]2[C@@H]3O)O[C@H]4n2cnc3c(=O)[nH]c(N)nc32)/C1=N/C.